The largest absolute Gasteiger partial charge is 0.453 e. The van der Waals surface area contributed by atoms with Gasteiger partial charge in [0, 0.05) is 55.2 Å². The summed E-state index contributed by atoms with van der Waals surface area (Å²) in [6, 6.07) is 99.5. The minimum Gasteiger partial charge on any atom is -0.453 e. The molecule has 2 heterocycles. The van der Waals surface area contributed by atoms with Gasteiger partial charge in [-0.1, -0.05) is 231 Å². The van der Waals surface area contributed by atoms with Crippen molar-refractivity contribution in [3.8, 4) is 55.6 Å². The van der Waals surface area contributed by atoms with Gasteiger partial charge in [0.05, 0.1) is 22.7 Å². The lowest BCUT2D eigenvalue weighted by Gasteiger charge is -2.29. The maximum Gasteiger partial charge on any atom is 0.159 e. The maximum atomic E-state index is 7.12. The number of rotatable bonds is 11. The van der Waals surface area contributed by atoms with Crippen molar-refractivity contribution in [2.45, 2.75) is 13.8 Å². The van der Waals surface area contributed by atoms with Crippen molar-refractivity contribution in [2.75, 3.05) is 9.80 Å². The van der Waals surface area contributed by atoms with Gasteiger partial charge in [-0.15, -0.1) is 0 Å². The van der Waals surface area contributed by atoms with Crippen LogP contribution in [0.3, 0.4) is 0 Å². The van der Waals surface area contributed by atoms with E-state index < -0.39 is 0 Å². The van der Waals surface area contributed by atoms with Crippen molar-refractivity contribution < 1.29 is 8.83 Å². The van der Waals surface area contributed by atoms with Gasteiger partial charge in [0.1, 0.15) is 11.2 Å². The molecule has 4 nitrogen and oxygen atoms in total. The molecule has 2 aromatic heterocycles. The lowest BCUT2D eigenvalue weighted by Crippen LogP contribution is -2.12. The normalized spacial score (nSPS) is 11.5. The van der Waals surface area contributed by atoms with Gasteiger partial charge in [-0.2, -0.15) is 0 Å². The van der Waals surface area contributed by atoms with Gasteiger partial charge in [-0.05, 0) is 107 Å². The Morgan fingerprint density at radius 3 is 0.897 bits per heavy atom. The molecule has 0 unspecified atom stereocenters. The van der Waals surface area contributed by atoms with Crippen molar-refractivity contribution in [3.05, 3.63) is 290 Å². The van der Waals surface area contributed by atoms with Gasteiger partial charge in [0.2, 0.25) is 0 Å². The Hall–Kier alpha value is -10.2. The summed E-state index contributed by atoms with van der Waals surface area (Å²) in [7, 11) is 0. The number of para-hydroxylation sites is 6. The molecule has 0 atom stereocenters. The minimum atomic E-state index is 0.834. The maximum absolute atomic E-state index is 7.12. The summed E-state index contributed by atoms with van der Waals surface area (Å²) in [5.74, 6) is 0. The van der Waals surface area contributed by atoms with Crippen LogP contribution in [0.5, 0.6) is 0 Å². The SMILES string of the molecule is Cc1cc(N(c2ccccc2-c2ccccc2)c2cccc3c2oc2c(-c4ccccc4)cccc23)ccc1-c1ccc(N(c2ccccc2-c2ccccc2)c2cccc3c2oc2c(-c4ccccc4)cccc23)cc1C. The lowest BCUT2D eigenvalue weighted by atomic mass is 9.94. The Labute approximate surface area is 454 Å². The van der Waals surface area contributed by atoms with E-state index in [1.807, 2.05) is 0 Å². The molecule has 14 rings (SSSR count). The summed E-state index contributed by atoms with van der Waals surface area (Å²) in [6.45, 7) is 4.46. The zero-order valence-electron chi connectivity index (χ0n) is 43.3. The van der Waals surface area contributed by atoms with E-state index in [2.05, 4.69) is 303 Å². The molecule has 0 amide bonds. The Morgan fingerprint density at radius 1 is 0.231 bits per heavy atom. The van der Waals surface area contributed by atoms with Gasteiger partial charge in [-0.3, -0.25) is 0 Å². The van der Waals surface area contributed by atoms with Crippen molar-refractivity contribution in [1.82, 2.24) is 0 Å². The van der Waals surface area contributed by atoms with Crippen LogP contribution in [0.15, 0.2) is 288 Å². The van der Waals surface area contributed by atoms with Crippen molar-refractivity contribution in [3.63, 3.8) is 0 Å². The third-order valence-electron chi connectivity index (χ3n) is 15.3. The number of nitrogens with zero attached hydrogens (tertiary/aromatic N) is 2. The lowest BCUT2D eigenvalue weighted by molar-refractivity contribution is 0.670. The van der Waals surface area contributed by atoms with E-state index >= 15 is 0 Å². The average molecular weight is 1000 g/mol. The van der Waals surface area contributed by atoms with Crippen LogP contribution in [0.1, 0.15) is 11.1 Å². The topological polar surface area (TPSA) is 32.8 Å². The summed E-state index contributed by atoms with van der Waals surface area (Å²) in [5.41, 5.74) is 23.1. The van der Waals surface area contributed by atoms with Gasteiger partial charge in [-0.25, -0.2) is 0 Å². The zero-order valence-corrected chi connectivity index (χ0v) is 43.3. The molecule has 78 heavy (non-hydrogen) atoms. The first kappa shape index (κ1) is 46.4. The predicted octanol–water partition coefficient (Wildman–Crippen LogP) is 21.4. The fraction of sp³-hybridized carbons (Fsp3) is 0.0270. The standard InChI is InChI=1S/C74H52N2O2/c1-49-47-55(75(67-39-17-15-31-59(67)51-23-7-3-8-24-51)69-41-21-37-65-63-35-19-33-61(71(63)77-73(65)69)53-27-11-5-12-28-53)43-45-57(49)58-46-44-56(48-50(58)2)76(68-40-18-16-32-60(68)52-25-9-4-10-26-52)70-42-22-38-66-64-36-20-34-62(72(64)78-74(66)70)54-29-13-6-14-30-54/h3-48H,1-2H3. The molecule has 14 aromatic rings. The Kier molecular flexibility index (Phi) is 11.6. The Balaban J connectivity index is 0.915. The van der Waals surface area contributed by atoms with Crippen LogP contribution in [0.2, 0.25) is 0 Å². The highest BCUT2D eigenvalue weighted by molar-refractivity contribution is 6.15. The Bertz CT molecular complexity index is 4230. The number of furan rings is 2. The third kappa shape index (κ3) is 8.01. The molecule has 0 aliphatic heterocycles. The van der Waals surface area contributed by atoms with E-state index in [4.69, 9.17) is 8.83 Å². The number of fused-ring (bicyclic) bond motifs is 6. The number of aryl methyl sites for hydroxylation is 2. The number of hydrogen-bond donors (Lipinski definition) is 0. The fourth-order valence-electron chi connectivity index (χ4n) is 11.7. The molecule has 12 aromatic carbocycles. The van der Waals surface area contributed by atoms with E-state index in [9.17, 15) is 0 Å². The first-order chi connectivity index (χ1) is 38.6. The molecule has 4 heteroatoms. The predicted molar refractivity (Wildman–Crippen MR) is 327 cm³/mol. The molecule has 0 aliphatic rings. The van der Waals surface area contributed by atoms with E-state index in [0.29, 0.717) is 0 Å². The van der Waals surface area contributed by atoms with Crippen LogP contribution in [-0.2, 0) is 0 Å². The van der Waals surface area contributed by atoms with Gasteiger partial charge in [0.25, 0.3) is 0 Å². The molecule has 0 fully saturated rings. The van der Waals surface area contributed by atoms with E-state index in [1.165, 1.54) is 0 Å². The molecule has 0 bridgehead atoms. The summed E-state index contributed by atoms with van der Waals surface area (Å²) in [5, 5.41) is 4.31. The highest BCUT2D eigenvalue weighted by atomic mass is 16.3. The number of anilines is 6. The Morgan fingerprint density at radius 2 is 0.526 bits per heavy atom. The average Bonchev–Trinajstić information content (AvgIpc) is 4.27. The molecule has 370 valence electrons. The first-order valence-corrected chi connectivity index (χ1v) is 26.7. The van der Waals surface area contributed by atoms with Crippen molar-refractivity contribution in [1.29, 1.82) is 0 Å². The van der Waals surface area contributed by atoms with Crippen LogP contribution in [0, 0.1) is 13.8 Å². The molecular formula is C74H52N2O2. The molecule has 0 spiro atoms. The first-order valence-electron chi connectivity index (χ1n) is 26.7. The van der Waals surface area contributed by atoms with Crippen LogP contribution in [0.25, 0.3) is 99.5 Å². The summed E-state index contributed by atoms with van der Waals surface area (Å²) in [4.78, 5) is 4.76. The van der Waals surface area contributed by atoms with E-state index in [0.717, 1.165) is 145 Å². The summed E-state index contributed by atoms with van der Waals surface area (Å²) < 4.78 is 14.2. The van der Waals surface area contributed by atoms with Crippen LogP contribution < -0.4 is 9.80 Å². The zero-order chi connectivity index (χ0) is 52.1. The second kappa shape index (κ2) is 19.5. The van der Waals surface area contributed by atoms with Crippen LogP contribution in [-0.4, -0.2) is 0 Å². The van der Waals surface area contributed by atoms with Gasteiger partial charge in [0.15, 0.2) is 11.2 Å². The number of benzene rings is 12. The molecular weight excluding hydrogens is 949 g/mol. The quantitative estimate of drug-likeness (QED) is 0.129. The monoisotopic (exact) mass is 1000 g/mol. The highest BCUT2D eigenvalue weighted by Gasteiger charge is 2.26. The van der Waals surface area contributed by atoms with Crippen molar-refractivity contribution in [2.24, 2.45) is 0 Å². The highest BCUT2D eigenvalue weighted by Crippen LogP contribution is 2.50. The number of hydrogen-bond acceptors (Lipinski definition) is 4. The third-order valence-corrected chi connectivity index (χ3v) is 15.3. The molecule has 0 aliphatic carbocycles. The van der Waals surface area contributed by atoms with Gasteiger partial charge < -0.3 is 18.6 Å². The second-order valence-electron chi connectivity index (χ2n) is 20.0. The molecule has 0 radical (unpaired) electrons. The molecule has 0 saturated carbocycles. The minimum absolute atomic E-state index is 0.834. The smallest absolute Gasteiger partial charge is 0.159 e. The van der Waals surface area contributed by atoms with Crippen LogP contribution in [0.4, 0.5) is 34.1 Å². The fourth-order valence-corrected chi connectivity index (χ4v) is 11.7. The second-order valence-corrected chi connectivity index (χ2v) is 20.0. The summed E-state index contributed by atoms with van der Waals surface area (Å²) >= 11 is 0. The van der Waals surface area contributed by atoms with Gasteiger partial charge >= 0.3 is 0 Å². The molecule has 0 saturated heterocycles. The van der Waals surface area contributed by atoms with Crippen molar-refractivity contribution >= 4 is 78.0 Å². The van der Waals surface area contributed by atoms with E-state index in [1.54, 1.807) is 0 Å². The van der Waals surface area contributed by atoms with E-state index in [-0.39, 0.29) is 0 Å². The molecule has 0 N–H and O–H groups in total. The summed E-state index contributed by atoms with van der Waals surface area (Å²) in [6.07, 6.45) is 0. The van der Waals surface area contributed by atoms with Crippen LogP contribution >= 0.6 is 0 Å².